The number of aryl methyl sites for hydroxylation is 1. The summed E-state index contributed by atoms with van der Waals surface area (Å²) >= 11 is 0. The Bertz CT molecular complexity index is 964. The Hall–Kier alpha value is -3.55. The molecule has 8 nitrogen and oxygen atoms in total. The van der Waals surface area contributed by atoms with Crippen LogP contribution in [0.2, 0.25) is 0 Å². The lowest BCUT2D eigenvalue weighted by molar-refractivity contribution is -0.384. The predicted octanol–water partition coefficient (Wildman–Crippen LogP) is 2.77. The maximum atomic E-state index is 11.6. The molecule has 0 spiro atoms. The van der Waals surface area contributed by atoms with Gasteiger partial charge in [-0.25, -0.2) is 9.67 Å². The second-order valence-corrected chi connectivity index (χ2v) is 5.60. The summed E-state index contributed by atoms with van der Waals surface area (Å²) in [6.45, 7) is 0. The van der Waals surface area contributed by atoms with Crippen LogP contribution in [0.25, 0.3) is 22.8 Å². The van der Waals surface area contributed by atoms with Crippen molar-refractivity contribution in [1.82, 2.24) is 14.8 Å². The molecule has 0 aliphatic heterocycles. The normalized spacial score (nSPS) is 10.5. The van der Waals surface area contributed by atoms with Gasteiger partial charge >= 0.3 is 5.97 Å². The SMILES string of the molecule is COC(=O)Cc1ccccc1-c1nc(-c2ccc([N+](=O)[O-])cc2)nn1C. The average Bonchev–Trinajstić information content (AvgIpc) is 3.03. The minimum absolute atomic E-state index is 0.00771. The first kappa shape index (κ1) is 17.3. The first-order valence-corrected chi connectivity index (χ1v) is 7.80. The standard InChI is InChI=1S/C18H16N4O4/c1-21-18(15-6-4-3-5-13(15)11-16(23)26-2)19-17(20-21)12-7-9-14(10-8-12)22(24)25/h3-10H,11H2,1-2H3. The van der Waals surface area contributed by atoms with Gasteiger partial charge in [0.2, 0.25) is 0 Å². The molecule has 0 unspecified atom stereocenters. The number of rotatable bonds is 5. The van der Waals surface area contributed by atoms with Crippen molar-refractivity contribution in [2.75, 3.05) is 7.11 Å². The maximum absolute atomic E-state index is 11.6. The number of carbonyl (C=O) groups is 1. The van der Waals surface area contributed by atoms with E-state index in [4.69, 9.17) is 4.74 Å². The lowest BCUT2D eigenvalue weighted by Crippen LogP contribution is -2.06. The van der Waals surface area contributed by atoms with Gasteiger partial charge in [-0.3, -0.25) is 14.9 Å². The van der Waals surface area contributed by atoms with Crippen LogP contribution in [0.15, 0.2) is 48.5 Å². The molecule has 8 heteroatoms. The number of ether oxygens (including phenoxy) is 1. The van der Waals surface area contributed by atoms with Crippen LogP contribution < -0.4 is 0 Å². The Morgan fingerprint density at radius 1 is 1.19 bits per heavy atom. The smallest absolute Gasteiger partial charge is 0.310 e. The molecular formula is C18H16N4O4. The molecule has 3 rings (SSSR count). The second-order valence-electron chi connectivity index (χ2n) is 5.60. The maximum Gasteiger partial charge on any atom is 0.310 e. The first-order chi connectivity index (χ1) is 12.5. The highest BCUT2D eigenvalue weighted by Crippen LogP contribution is 2.26. The highest BCUT2D eigenvalue weighted by Gasteiger charge is 2.16. The van der Waals surface area contributed by atoms with E-state index in [9.17, 15) is 14.9 Å². The summed E-state index contributed by atoms with van der Waals surface area (Å²) in [6.07, 6.45) is 0.131. The number of aromatic nitrogens is 3. The lowest BCUT2D eigenvalue weighted by Gasteiger charge is -2.07. The largest absolute Gasteiger partial charge is 0.469 e. The van der Waals surface area contributed by atoms with E-state index in [0.717, 1.165) is 11.1 Å². The number of methoxy groups -OCH3 is 1. The van der Waals surface area contributed by atoms with E-state index in [2.05, 4.69) is 10.1 Å². The molecule has 0 saturated carbocycles. The van der Waals surface area contributed by atoms with Crippen molar-refractivity contribution in [3.05, 3.63) is 64.2 Å². The summed E-state index contributed by atoms with van der Waals surface area (Å²) < 4.78 is 6.36. The van der Waals surface area contributed by atoms with Crippen LogP contribution >= 0.6 is 0 Å². The number of hydrogen-bond donors (Lipinski definition) is 0. The molecule has 3 aromatic rings. The fourth-order valence-corrected chi connectivity index (χ4v) is 2.59. The first-order valence-electron chi connectivity index (χ1n) is 7.80. The van der Waals surface area contributed by atoms with E-state index in [1.54, 1.807) is 23.9 Å². The van der Waals surface area contributed by atoms with Gasteiger partial charge in [-0.05, 0) is 17.7 Å². The van der Waals surface area contributed by atoms with Crippen molar-refractivity contribution in [2.24, 2.45) is 7.05 Å². The van der Waals surface area contributed by atoms with Crippen LogP contribution in [0, 0.1) is 10.1 Å². The fourth-order valence-electron chi connectivity index (χ4n) is 2.59. The summed E-state index contributed by atoms with van der Waals surface area (Å²) in [7, 11) is 3.10. The van der Waals surface area contributed by atoms with Crippen LogP contribution in [-0.2, 0) is 23.0 Å². The number of carbonyl (C=O) groups excluding carboxylic acids is 1. The number of hydrogen-bond acceptors (Lipinski definition) is 6. The van der Waals surface area contributed by atoms with E-state index in [0.29, 0.717) is 17.2 Å². The molecule has 0 saturated heterocycles. The summed E-state index contributed by atoms with van der Waals surface area (Å²) in [5.41, 5.74) is 2.24. The zero-order valence-electron chi connectivity index (χ0n) is 14.2. The molecule has 0 atom stereocenters. The molecule has 1 heterocycles. The van der Waals surface area contributed by atoms with Crippen molar-refractivity contribution in [1.29, 1.82) is 0 Å². The highest BCUT2D eigenvalue weighted by atomic mass is 16.6. The number of non-ortho nitro benzene ring substituents is 1. The van der Waals surface area contributed by atoms with Gasteiger partial charge in [0, 0.05) is 30.3 Å². The third-order valence-electron chi connectivity index (χ3n) is 3.92. The van der Waals surface area contributed by atoms with E-state index in [-0.39, 0.29) is 18.1 Å². The summed E-state index contributed by atoms with van der Waals surface area (Å²) in [6, 6.07) is 13.4. The Kier molecular flexibility index (Phi) is 4.74. The Balaban J connectivity index is 1.99. The Morgan fingerprint density at radius 2 is 1.88 bits per heavy atom. The van der Waals surface area contributed by atoms with E-state index in [1.807, 2.05) is 24.3 Å². The summed E-state index contributed by atoms with van der Waals surface area (Å²) in [4.78, 5) is 26.5. The van der Waals surface area contributed by atoms with E-state index in [1.165, 1.54) is 19.2 Å². The molecule has 0 radical (unpaired) electrons. The Morgan fingerprint density at radius 3 is 2.54 bits per heavy atom. The molecular weight excluding hydrogens is 336 g/mol. The summed E-state index contributed by atoms with van der Waals surface area (Å²) in [5, 5.41) is 15.2. The zero-order valence-corrected chi connectivity index (χ0v) is 14.2. The van der Waals surface area contributed by atoms with Crippen molar-refractivity contribution < 1.29 is 14.5 Å². The van der Waals surface area contributed by atoms with Crippen LogP contribution in [0.1, 0.15) is 5.56 Å². The van der Waals surface area contributed by atoms with Gasteiger partial charge in [0.1, 0.15) is 0 Å². The molecule has 132 valence electrons. The molecule has 0 N–H and O–H groups in total. The van der Waals surface area contributed by atoms with Crippen LogP contribution in [0.5, 0.6) is 0 Å². The van der Waals surface area contributed by atoms with Crippen LogP contribution in [-0.4, -0.2) is 32.8 Å². The summed E-state index contributed by atoms with van der Waals surface area (Å²) in [5.74, 6) is 0.707. The minimum Gasteiger partial charge on any atom is -0.469 e. The molecule has 0 amide bonds. The lowest BCUT2D eigenvalue weighted by atomic mass is 10.0. The monoisotopic (exact) mass is 352 g/mol. The van der Waals surface area contributed by atoms with Crippen molar-refractivity contribution in [2.45, 2.75) is 6.42 Å². The van der Waals surface area contributed by atoms with Gasteiger partial charge in [-0.2, -0.15) is 5.10 Å². The highest BCUT2D eigenvalue weighted by molar-refractivity contribution is 5.76. The van der Waals surface area contributed by atoms with E-state index < -0.39 is 4.92 Å². The molecule has 0 fully saturated rings. The third kappa shape index (κ3) is 3.44. The molecule has 2 aromatic carbocycles. The molecule has 1 aromatic heterocycles. The van der Waals surface area contributed by atoms with Gasteiger partial charge in [0.05, 0.1) is 18.5 Å². The van der Waals surface area contributed by atoms with Gasteiger partial charge in [0.15, 0.2) is 11.6 Å². The van der Waals surface area contributed by atoms with Gasteiger partial charge < -0.3 is 4.74 Å². The molecule has 0 bridgehead atoms. The topological polar surface area (TPSA) is 100 Å². The number of nitro benzene ring substituents is 1. The average molecular weight is 352 g/mol. The van der Waals surface area contributed by atoms with E-state index >= 15 is 0 Å². The second kappa shape index (κ2) is 7.14. The quantitative estimate of drug-likeness (QED) is 0.398. The fraction of sp³-hybridized carbons (Fsp3) is 0.167. The number of esters is 1. The number of nitro groups is 1. The van der Waals surface area contributed by atoms with Crippen LogP contribution in [0.4, 0.5) is 5.69 Å². The number of benzene rings is 2. The van der Waals surface area contributed by atoms with Crippen molar-refractivity contribution >= 4 is 11.7 Å². The molecule has 0 aliphatic carbocycles. The van der Waals surface area contributed by atoms with Crippen molar-refractivity contribution in [3.8, 4) is 22.8 Å². The van der Waals surface area contributed by atoms with Gasteiger partial charge in [-0.1, -0.05) is 24.3 Å². The third-order valence-corrected chi connectivity index (χ3v) is 3.92. The number of nitrogens with zero attached hydrogens (tertiary/aromatic N) is 4. The molecule has 26 heavy (non-hydrogen) atoms. The predicted molar refractivity (Wildman–Crippen MR) is 94.2 cm³/mol. The Labute approximate surface area is 149 Å². The minimum atomic E-state index is -0.454. The van der Waals surface area contributed by atoms with Crippen molar-refractivity contribution in [3.63, 3.8) is 0 Å². The van der Waals surface area contributed by atoms with Crippen LogP contribution in [0.3, 0.4) is 0 Å². The molecule has 0 aliphatic rings. The van der Waals surface area contributed by atoms with Gasteiger partial charge in [0.25, 0.3) is 5.69 Å². The zero-order chi connectivity index (χ0) is 18.7. The van der Waals surface area contributed by atoms with Gasteiger partial charge in [-0.15, -0.1) is 0 Å².